The molecule has 0 amide bonds. The van der Waals surface area contributed by atoms with E-state index in [1.54, 1.807) is 13.3 Å². The number of pyridine rings is 1. The lowest BCUT2D eigenvalue weighted by atomic mass is 10.1. The molecular formula is C32H34BrClINO3Si. The Morgan fingerprint density at radius 1 is 0.950 bits per heavy atom. The van der Waals surface area contributed by atoms with Gasteiger partial charge >= 0.3 is 0 Å². The van der Waals surface area contributed by atoms with Crippen LogP contribution < -0.4 is 15.1 Å². The van der Waals surface area contributed by atoms with E-state index >= 15 is 0 Å². The van der Waals surface area contributed by atoms with E-state index in [1.165, 1.54) is 10.4 Å². The maximum Gasteiger partial charge on any atom is 0.261 e. The fraction of sp³-hybridized carbons (Fsp3) is 0.281. The van der Waals surface area contributed by atoms with Crippen molar-refractivity contribution < 1.29 is 13.9 Å². The molecule has 1 unspecified atom stereocenters. The summed E-state index contributed by atoms with van der Waals surface area (Å²) in [6.07, 6.45) is 2.16. The summed E-state index contributed by atoms with van der Waals surface area (Å²) in [5.74, 6) is 0.575. The van der Waals surface area contributed by atoms with Crippen LogP contribution in [0.1, 0.15) is 31.9 Å². The Morgan fingerprint density at radius 3 is 2.12 bits per heavy atom. The van der Waals surface area contributed by atoms with E-state index in [9.17, 15) is 0 Å². The van der Waals surface area contributed by atoms with Crippen LogP contribution in [0.15, 0.2) is 95.6 Å². The predicted octanol–water partition coefficient (Wildman–Crippen LogP) is 7.82. The highest BCUT2D eigenvalue weighted by atomic mass is 127. The van der Waals surface area contributed by atoms with Crippen molar-refractivity contribution in [1.29, 1.82) is 0 Å². The Balaban J connectivity index is 1.72. The van der Waals surface area contributed by atoms with E-state index in [1.807, 2.05) is 24.3 Å². The fourth-order valence-electron chi connectivity index (χ4n) is 5.04. The monoisotopic (exact) mass is 749 g/mol. The van der Waals surface area contributed by atoms with Gasteiger partial charge < -0.3 is 13.9 Å². The number of hydrogen-bond acceptors (Lipinski definition) is 4. The van der Waals surface area contributed by atoms with Crippen LogP contribution in [0, 0.1) is 3.57 Å². The zero-order valence-corrected chi connectivity index (χ0v) is 28.7. The number of benzene rings is 3. The van der Waals surface area contributed by atoms with Gasteiger partial charge in [-0.3, -0.25) is 0 Å². The van der Waals surface area contributed by atoms with Crippen molar-refractivity contribution in [3.8, 4) is 5.88 Å². The average molecular weight is 751 g/mol. The predicted molar refractivity (Wildman–Crippen MR) is 179 cm³/mol. The lowest BCUT2D eigenvalue weighted by Gasteiger charge is -2.43. The molecule has 0 radical (unpaired) electrons. The van der Waals surface area contributed by atoms with Crippen LogP contribution in [0.5, 0.6) is 5.88 Å². The van der Waals surface area contributed by atoms with E-state index in [0.29, 0.717) is 30.5 Å². The van der Waals surface area contributed by atoms with Crippen LogP contribution in [-0.2, 0) is 22.2 Å². The smallest absolute Gasteiger partial charge is 0.261 e. The Morgan fingerprint density at radius 2 is 1.57 bits per heavy atom. The molecule has 0 aliphatic carbocycles. The van der Waals surface area contributed by atoms with Gasteiger partial charge in [0.1, 0.15) is 0 Å². The molecule has 3 aromatic carbocycles. The molecule has 1 aromatic heterocycles. The van der Waals surface area contributed by atoms with Gasteiger partial charge in [-0.2, -0.15) is 0 Å². The molecule has 0 aliphatic heterocycles. The molecule has 0 fully saturated rings. The molecule has 0 N–H and O–H groups in total. The van der Waals surface area contributed by atoms with Crippen molar-refractivity contribution in [3.63, 3.8) is 0 Å². The second-order valence-corrected chi connectivity index (χ2v) is 17.4. The summed E-state index contributed by atoms with van der Waals surface area (Å²) < 4.78 is 21.4. The molecule has 0 aliphatic rings. The van der Waals surface area contributed by atoms with Crippen LogP contribution >= 0.6 is 50.1 Å². The van der Waals surface area contributed by atoms with Gasteiger partial charge in [0.25, 0.3) is 8.32 Å². The van der Waals surface area contributed by atoms with E-state index in [4.69, 9.17) is 25.5 Å². The molecular weight excluding hydrogens is 717 g/mol. The van der Waals surface area contributed by atoms with Gasteiger partial charge in [-0.25, -0.2) is 4.98 Å². The molecule has 0 spiro atoms. The maximum absolute atomic E-state index is 7.26. The van der Waals surface area contributed by atoms with Crippen molar-refractivity contribution in [2.24, 2.45) is 0 Å². The summed E-state index contributed by atoms with van der Waals surface area (Å²) in [6.45, 7) is 7.63. The quantitative estimate of drug-likeness (QED) is 0.116. The molecule has 210 valence electrons. The fourth-order valence-corrected chi connectivity index (χ4v) is 11.0. The third-order valence-electron chi connectivity index (χ3n) is 6.98. The summed E-state index contributed by atoms with van der Waals surface area (Å²) in [4.78, 5) is 4.39. The highest BCUT2D eigenvalue weighted by Gasteiger charge is 2.50. The summed E-state index contributed by atoms with van der Waals surface area (Å²) in [7, 11) is -1.10. The second kappa shape index (κ2) is 13.9. The van der Waals surface area contributed by atoms with Gasteiger partial charge in [0, 0.05) is 25.7 Å². The highest BCUT2D eigenvalue weighted by molar-refractivity contribution is 14.1. The lowest BCUT2D eigenvalue weighted by molar-refractivity contribution is 0.00623. The molecule has 0 bridgehead atoms. The molecule has 0 saturated heterocycles. The molecule has 1 atom stereocenters. The van der Waals surface area contributed by atoms with Gasteiger partial charge in [0.15, 0.2) is 0 Å². The molecule has 8 heteroatoms. The topological polar surface area (TPSA) is 40.6 Å². The molecule has 4 nitrogen and oxygen atoms in total. The van der Waals surface area contributed by atoms with E-state index in [2.05, 4.69) is 125 Å². The number of nitrogens with zero attached hydrogens (tertiary/aromatic N) is 1. The Hall–Kier alpha value is -1.75. The first-order valence-electron chi connectivity index (χ1n) is 13.1. The van der Waals surface area contributed by atoms with Gasteiger partial charge in [-0.1, -0.05) is 115 Å². The van der Waals surface area contributed by atoms with Crippen molar-refractivity contribution in [1.82, 2.24) is 4.98 Å². The number of hydrogen-bond donors (Lipinski definition) is 0. The van der Waals surface area contributed by atoms with Gasteiger partial charge in [-0.05, 0) is 61.8 Å². The summed E-state index contributed by atoms with van der Waals surface area (Å²) in [5, 5.41) is 3.03. The van der Waals surface area contributed by atoms with Crippen molar-refractivity contribution >= 4 is 68.8 Å². The Kier molecular flexibility index (Phi) is 10.9. The first-order chi connectivity index (χ1) is 19.2. The lowest BCUT2D eigenvalue weighted by Crippen LogP contribution is -2.67. The molecule has 4 aromatic rings. The number of methoxy groups -OCH3 is 1. The van der Waals surface area contributed by atoms with Crippen LogP contribution in [0.3, 0.4) is 0 Å². The van der Waals surface area contributed by atoms with E-state index < -0.39 is 8.32 Å². The minimum absolute atomic E-state index is 0.136. The first kappa shape index (κ1) is 31.2. The summed E-state index contributed by atoms with van der Waals surface area (Å²) in [5.41, 5.74) is 2.03. The third kappa shape index (κ3) is 7.17. The minimum atomic E-state index is -2.74. The van der Waals surface area contributed by atoms with Crippen LogP contribution in [-0.4, -0.2) is 33.1 Å². The molecule has 1 heterocycles. The van der Waals surface area contributed by atoms with Crippen LogP contribution in [0.25, 0.3) is 0 Å². The maximum atomic E-state index is 7.26. The Labute approximate surface area is 265 Å². The largest absolute Gasteiger partial charge is 0.481 e. The molecule has 4 rings (SSSR count). The number of rotatable bonds is 11. The van der Waals surface area contributed by atoms with Crippen molar-refractivity contribution in [2.45, 2.75) is 44.9 Å². The number of halogens is 3. The van der Waals surface area contributed by atoms with Crippen LogP contribution in [0.2, 0.25) is 10.1 Å². The summed E-state index contributed by atoms with van der Waals surface area (Å²) in [6, 6.07) is 29.2. The first-order valence-corrected chi connectivity index (χ1v) is 17.3. The van der Waals surface area contributed by atoms with Crippen LogP contribution in [0.4, 0.5) is 0 Å². The van der Waals surface area contributed by atoms with Crippen molar-refractivity contribution in [3.05, 3.63) is 115 Å². The SMILES string of the molecule is COc1nccc(I)c1COC(CO[Si](c1ccccc1)(c1ccccc1)C(C)(C)C)Cc1ccc(Cl)cc1Br. The standard InChI is InChI=1S/C32H34BrClINO3Si/c1-32(2,3)40(26-11-7-5-8-12-26,27-13-9-6-10-14-27)39-21-25(19-23-15-16-24(34)20-29(23)33)38-22-28-30(35)17-18-36-31(28)37-4/h5-18,20,25H,19,21-22H2,1-4H3. The van der Waals surface area contributed by atoms with Gasteiger partial charge in [-0.15, -0.1) is 0 Å². The zero-order chi connectivity index (χ0) is 28.8. The number of aromatic nitrogens is 1. The van der Waals surface area contributed by atoms with E-state index in [-0.39, 0.29) is 11.1 Å². The summed E-state index contributed by atoms with van der Waals surface area (Å²) >= 11 is 12.3. The third-order valence-corrected chi connectivity index (χ3v) is 14.0. The zero-order valence-electron chi connectivity index (χ0n) is 23.2. The normalized spacial score (nSPS) is 12.8. The Bertz CT molecular complexity index is 1360. The minimum Gasteiger partial charge on any atom is -0.481 e. The average Bonchev–Trinajstić information content (AvgIpc) is 2.94. The van der Waals surface area contributed by atoms with Crippen molar-refractivity contribution in [2.75, 3.05) is 13.7 Å². The van der Waals surface area contributed by atoms with E-state index in [0.717, 1.165) is 19.2 Å². The van der Waals surface area contributed by atoms with Gasteiger partial charge in [0.2, 0.25) is 5.88 Å². The van der Waals surface area contributed by atoms with Gasteiger partial charge in [0.05, 0.1) is 32.0 Å². The number of ether oxygens (including phenoxy) is 2. The second-order valence-electron chi connectivity index (χ2n) is 10.6. The highest BCUT2D eigenvalue weighted by Crippen LogP contribution is 2.37. The molecule has 0 saturated carbocycles. The molecule has 40 heavy (non-hydrogen) atoms.